The number of likely N-dealkylation sites (N-methyl/N-ethyl adjacent to an activating group) is 1. The summed E-state index contributed by atoms with van der Waals surface area (Å²) in [4.78, 5) is 11.1. The first kappa shape index (κ1) is 13.1. The number of amides is 1. The summed E-state index contributed by atoms with van der Waals surface area (Å²) >= 11 is 0. The van der Waals surface area contributed by atoms with Crippen molar-refractivity contribution in [2.24, 2.45) is 0 Å². The highest BCUT2D eigenvalue weighted by molar-refractivity contribution is 5.80. The Hall–Kier alpha value is -0.870. The summed E-state index contributed by atoms with van der Waals surface area (Å²) in [6.07, 6.45) is 2.69. The minimum absolute atomic E-state index is 0.00362. The smallest absolute Gasteiger partial charge is 0.236 e. The molecule has 0 aliphatic carbocycles. The Labute approximate surface area is 85.7 Å². The van der Waals surface area contributed by atoms with Crippen LogP contribution >= 0.6 is 0 Å². The lowest BCUT2D eigenvalue weighted by atomic mass is 10.3. The van der Waals surface area contributed by atoms with Crippen molar-refractivity contribution >= 4 is 5.91 Å². The van der Waals surface area contributed by atoms with Gasteiger partial charge in [-0.2, -0.15) is 0 Å². The summed E-state index contributed by atoms with van der Waals surface area (Å²) in [7, 11) is 1.63. The number of carbonyl (C=O) groups excluding carboxylic acids is 1. The van der Waals surface area contributed by atoms with E-state index in [1.54, 1.807) is 7.05 Å². The number of ether oxygens (including phenoxy) is 1. The summed E-state index contributed by atoms with van der Waals surface area (Å²) < 4.78 is 5.27. The van der Waals surface area contributed by atoms with Gasteiger partial charge in [-0.15, -0.1) is 6.58 Å². The van der Waals surface area contributed by atoms with E-state index in [1.165, 1.54) is 0 Å². The summed E-state index contributed by atoms with van der Waals surface area (Å²) in [6.45, 7) is 7.41. The molecule has 0 saturated heterocycles. The third-order valence-corrected chi connectivity index (χ3v) is 1.80. The summed E-state index contributed by atoms with van der Waals surface area (Å²) in [6, 6.07) is -0.164. The van der Waals surface area contributed by atoms with Crippen LogP contribution in [0, 0.1) is 0 Å². The Morgan fingerprint density at radius 3 is 2.86 bits per heavy atom. The third kappa shape index (κ3) is 6.62. The molecule has 0 rings (SSSR count). The van der Waals surface area contributed by atoms with Crippen LogP contribution in [0.1, 0.15) is 13.3 Å². The van der Waals surface area contributed by atoms with Crippen LogP contribution < -0.4 is 10.6 Å². The normalized spacial score (nSPS) is 12.1. The van der Waals surface area contributed by atoms with Gasteiger partial charge in [-0.1, -0.05) is 6.08 Å². The molecule has 82 valence electrons. The van der Waals surface area contributed by atoms with E-state index < -0.39 is 0 Å². The molecule has 0 aliphatic rings. The molecular weight excluding hydrogens is 180 g/mol. The van der Waals surface area contributed by atoms with Crippen molar-refractivity contribution in [1.29, 1.82) is 0 Å². The average Bonchev–Trinajstić information content (AvgIpc) is 2.21. The maximum Gasteiger partial charge on any atom is 0.236 e. The number of hydrogen-bond donors (Lipinski definition) is 2. The largest absolute Gasteiger partial charge is 0.380 e. The van der Waals surface area contributed by atoms with Gasteiger partial charge in [0.15, 0.2) is 0 Å². The van der Waals surface area contributed by atoms with Crippen LogP contribution in [-0.2, 0) is 9.53 Å². The van der Waals surface area contributed by atoms with Crippen LogP contribution in [0.2, 0.25) is 0 Å². The van der Waals surface area contributed by atoms with Crippen LogP contribution in [0.25, 0.3) is 0 Å². The predicted molar refractivity (Wildman–Crippen MR) is 57.2 cm³/mol. The van der Waals surface area contributed by atoms with Gasteiger partial charge in [-0.25, -0.2) is 0 Å². The maximum absolute atomic E-state index is 11.1. The minimum atomic E-state index is -0.164. The molecule has 1 amide bonds. The highest BCUT2D eigenvalue weighted by atomic mass is 16.5. The molecule has 0 aromatic carbocycles. The van der Waals surface area contributed by atoms with Crippen molar-refractivity contribution in [2.75, 3.05) is 26.8 Å². The summed E-state index contributed by atoms with van der Waals surface area (Å²) in [5.41, 5.74) is 0. The van der Waals surface area contributed by atoms with Gasteiger partial charge in [0.2, 0.25) is 5.91 Å². The highest BCUT2D eigenvalue weighted by Crippen LogP contribution is 1.83. The van der Waals surface area contributed by atoms with Gasteiger partial charge in [0.05, 0.1) is 19.3 Å². The molecule has 1 unspecified atom stereocenters. The molecule has 14 heavy (non-hydrogen) atoms. The molecule has 2 N–H and O–H groups in total. The molecule has 0 heterocycles. The molecule has 0 fully saturated rings. The Balaban J connectivity index is 3.27. The topological polar surface area (TPSA) is 50.4 Å². The second kappa shape index (κ2) is 8.72. The number of hydrogen-bond acceptors (Lipinski definition) is 3. The van der Waals surface area contributed by atoms with E-state index in [-0.39, 0.29) is 11.9 Å². The fraction of sp³-hybridized carbons (Fsp3) is 0.700. The van der Waals surface area contributed by atoms with Crippen LogP contribution in [0.3, 0.4) is 0 Å². The molecule has 0 aromatic rings. The van der Waals surface area contributed by atoms with Crippen molar-refractivity contribution in [2.45, 2.75) is 19.4 Å². The fourth-order valence-electron chi connectivity index (χ4n) is 0.926. The SMILES string of the molecule is C=CCCOCCNC(C)C(=O)NC. The lowest BCUT2D eigenvalue weighted by Crippen LogP contribution is -2.41. The molecule has 0 aliphatic heterocycles. The highest BCUT2D eigenvalue weighted by Gasteiger charge is 2.08. The minimum Gasteiger partial charge on any atom is -0.380 e. The first-order chi connectivity index (χ1) is 6.72. The number of rotatable bonds is 8. The Kier molecular flexibility index (Phi) is 8.17. The molecule has 0 spiro atoms. The Morgan fingerprint density at radius 2 is 2.29 bits per heavy atom. The lowest BCUT2D eigenvalue weighted by Gasteiger charge is -2.11. The standard InChI is InChI=1S/C10H20N2O2/c1-4-5-7-14-8-6-12-9(2)10(13)11-3/h4,9,12H,1,5-8H2,2-3H3,(H,11,13). The number of carbonyl (C=O) groups is 1. The van der Waals surface area contributed by atoms with Gasteiger partial charge in [-0.3, -0.25) is 4.79 Å². The van der Waals surface area contributed by atoms with E-state index in [2.05, 4.69) is 17.2 Å². The zero-order chi connectivity index (χ0) is 10.8. The zero-order valence-electron chi connectivity index (χ0n) is 9.01. The summed E-state index contributed by atoms with van der Waals surface area (Å²) in [5.74, 6) is -0.00362. The lowest BCUT2D eigenvalue weighted by molar-refractivity contribution is -0.122. The van der Waals surface area contributed by atoms with Crippen molar-refractivity contribution in [1.82, 2.24) is 10.6 Å². The molecule has 0 saturated carbocycles. The first-order valence-corrected chi connectivity index (χ1v) is 4.86. The van der Waals surface area contributed by atoms with Crippen LogP contribution in [0.15, 0.2) is 12.7 Å². The van der Waals surface area contributed by atoms with E-state index in [9.17, 15) is 4.79 Å². The van der Waals surface area contributed by atoms with E-state index in [0.29, 0.717) is 19.8 Å². The van der Waals surface area contributed by atoms with Gasteiger partial charge >= 0.3 is 0 Å². The molecule has 0 aromatic heterocycles. The monoisotopic (exact) mass is 200 g/mol. The first-order valence-electron chi connectivity index (χ1n) is 4.86. The van der Waals surface area contributed by atoms with E-state index in [4.69, 9.17) is 4.74 Å². The quantitative estimate of drug-likeness (QED) is 0.438. The Morgan fingerprint density at radius 1 is 1.57 bits per heavy atom. The molecule has 4 heteroatoms. The molecule has 1 atom stereocenters. The molecule has 4 nitrogen and oxygen atoms in total. The zero-order valence-corrected chi connectivity index (χ0v) is 9.01. The number of nitrogens with one attached hydrogen (secondary N) is 2. The van der Waals surface area contributed by atoms with Crippen molar-refractivity contribution < 1.29 is 9.53 Å². The second-order valence-corrected chi connectivity index (χ2v) is 2.98. The van der Waals surface area contributed by atoms with Gasteiger partial charge in [0.25, 0.3) is 0 Å². The molecular formula is C10H20N2O2. The Bertz CT molecular complexity index is 172. The van der Waals surface area contributed by atoms with Gasteiger partial charge in [-0.05, 0) is 13.3 Å². The van der Waals surface area contributed by atoms with Crippen molar-refractivity contribution in [3.63, 3.8) is 0 Å². The van der Waals surface area contributed by atoms with Crippen LogP contribution in [-0.4, -0.2) is 38.8 Å². The van der Waals surface area contributed by atoms with Gasteiger partial charge in [0, 0.05) is 13.6 Å². The van der Waals surface area contributed by atoms with Gasteiger partial charge < -0.3 is 15.4 Å². The summed E-state index contributed by atoms with van der Waals surface area (Å²) in [5, 5.41) is 5.62. The molecule has 0 radical (unpaired) electrons. The van der Waals surface area contributed by atoms with Crippen LogP contribution in [0.5, 0.6) is 0 Å². The molecule has 0 bridgehead atoms. The van der Waals surface area contributed by atoms with Crippen LogP contribution in [0.4, 0.5) is 0 Å². The van der Waals surface area contributed by atoms with E-state index in [1.807, 2.05) is 13.0 Å². The fourth-order valence-corrected chi connectivity index (χ4v) is 0.926. The van der Waals surface area contributed by atoms with Crippen molar-refractivity contribution in [3.05, 3.63) is 12.7 Å². The average molecular weight is 200 g/mol. The van der Waals surface area contributed by atoms with E-state index >= 15 is 0 Å². The third-order valence-electron chi connectivity index (χ3n) is 1.80. The van der Waals surface area contributed by atoms with E-state index in [0.717, 1.165) is 6.42 Å². The van der Waals surface area contributed by atoms with Gasteiger partial charge in [0.1, 0.15) is 0 Å². The predicted octanol–water partition coefficient (Wildman–Crippen LogP) is 0.303. The maximum atomic E-state index is 11.1. The second-order valence-electron chi connectivity index (χ2n) is 2.98. The van der Waals surface area contributed by atoms with Crippen molar-refractivity contribution in [3.8, 4) is 0 Å².